The van der Waals surface area contributed by atoms with E-state index in [9.17, 15) is 0 Å². The highest BCUT2D eigenvalue weighted by atomic mass is 15.2. The highest BCUT2D eigenvalue weighted by molar-refractivity contribution is 6.13. The zero-order valence-corrected chi connectivity index (χ0v) is 26.9. The first-order valence-corrected chi connectivity index (χ1v) is 16.7. The minimum atomic E-state index is 1.10. The molecule has 8 aromatic carbocycles. The molecule has 0 aliphatic heterocycles. The summed E-state index contributed by atoms with van der Waals surface area (Å²) in [5.74, 6) is 0. The lowest BCUT2D eigenvalue weighted by Gasteiger charge is -2.25. The van der Waals surface area contributed by atoms with Gasteiger partial charge in [0.2, 0.25) is 0 Å². The molecule has 0 radical (unpaired) electrons. The largest absolute Gasteiger partial charge is 0.310 e. The van der Waals surface area contributed by atoms with Gasteiger partial charge < -0.3 is 14.4 Å². The molecule has 0 spiro atoms. The molecule has 3 heteroatoms. The lowest BCUT2D eigenvalue weighted by molar-refractivity contribution is 1.19. The van der Waals surface area contributed by atoms with E-state index in [-0.39, 0.29) is 0 Å². The molecule has 1 heterocycles. The summed E-state index contributed by atoms with van der Waals surface area (Å²) < 4.78 is 2.45. The molecule has 0 amide bonds. The van der Waals surface area contributed by atoms with Gasteiger partial charge in [-0.1, -0.05) is 115 Å². The van der Waals surface area contributed by atoms with Gasteiger partial charge in [-0.3, -0.25) is 0 Å². The summed E-state index contributed by atoms with van der Waals surface area (Å²) in [5.41, 5.74) is 10.2. The number of anilines is 6. The molecule has 49 heavy (non-hydrogen) atoms. The monoisotopic (exact) mass is 627 g/mol. The number of aromatic nitrogens is 1. The second kappa shape index (κ2) is 12.2. The van der Waals surface area contributed by atoms with Crippen LogP contribution in [0.15, 0.2) is 200 Å². The van der Waals surface area contributed by atoms with E-state index in [2.05, 4.69) is 215 Å². The molecule has 0 atom stereocenters. The molecule has 1 aromatic heterocycles. The van der Waals surface area contributed by atoms with Crippen molar-refractivity contribution in [2.45, 2.75) is 0 Å². The van der Waals surface area contributed by atoms with Crippen LogP contribution in [0.2, 0.25) is 0 Å². The summed E-state index contributed by atoms with van der Waals surface area (Å²) in [6.07, 6.45) is 0. The summed E-state index contributed by atoms with van der Waals surface area (Å²) in [7, 11) is 0. The predicted molar refractivity (Wildman–Crippen MR) is 208 cm³/mol. The van der Waals surface area contributed by atoms with Crippen molar-refractivity contribution >= 4 is 66.7 Å². The summed E-state index contributed by atoms with van der Waals surface area (Å²) in [4.78, 5) is 4.67. The summed E-state index contributed by atoms with van der Waals surface area (Å²) in [6.45, 7) is 0. The van der Waals surface area contributed by atoms with Crippen LogP contribution in [0.1, 0.15) is 0 Å². The highest BCUT2D eigenvalue weighted by Crippen LogP contribution is 2.43. The van der Waals surface area contributed by atoms with Gasteiger partial charge in [0.1, 0.15) is 0 Å². The van der Waals surface area contributed by atoms with Crippen molar-refractivity contribution in [3.8, 4) is 5.69 Å². The van der Waals surface area contributed by atoms with Crippen LogP contribution in [-0.2, 0) is 0 Å². The fourth-order valence-corrected chi connectivity index (χ4v) is 7.14. The van der Waals surface area contributed by atoms with E-state index in [0.717, 1.165) is 45.3 Å². The molecule has 0 bridgehead atoms. The Hall–Kier alpha value is -6.58. The topological polar surface area (TPSA) is 11.4 Å². The van der Waals surface area contributed by atoms with Crippen molar-refractivity contribution in [2.24, 2.45) is 0 Å². The minimum absolute atomic E-state index is 1.10. The van der Waals surface area contributed by atoms with Crippen molar-refractivity contribution in [2.75, 3.05) is 9.80 Å². The van der Waals surface area contributed by atoms with Gasteiger partial charge in [-0.15, -0.1) is 0 Å². The van der Waals surface area contributed by atoms with Crippen molar-refractivity contribution in [3.05, 3.63) is 200 Å². The number of nitrogens with zero attached hydrogens (tertiary/aromatic N) is 3. The molecule has 0 saturated heterocycles. The number of fused-ring (bicyclic) bond motifs is 4. The lowest BCUT2D eigenvalue weighted by Crippen LogP contribution is -2.09. The fraction of sp³-hybridized carbons (Fsp3) is 0. The van der Waals surface area contributed by atoms with Crippen molar-refractivity contribution in [1.82, 2.24) is 4.57 Å². The van der Waals surface area contributed by atoms with E-state index in [0.29, 0.717) is 0 Å². The Morgan fingerprint density at radius 3 is 1.33 bits per heavy atom. The maximum atomic E-state index is 2.45. The maximum absolute atomic E-state index is 2.45. The minimum Gasteiger partial charge on any atom is -0.310 e. The third-order valence-electron chi connectivity index (χ3n) is 9.31. The van der Waals surface area contributed by atoms with E-state index < -0.39 is 0 Å². The van der Waals surface area contributed by atoms with Gasteiger partial charge in [0.15, 0.2) is 0 Å². The molecular weight excluding hydrogens is 595 g/mol. The number of para-hydroxylation sites is 4. The molecule has 232 valence electrons. The van der Waals surface area contributed by atoms with Crippen LogP contribution in [0.5, 0.6) is 0 Å². The van der Waals surface area contributed by atoms with Crippen LogP contribution in [0.25, 0.3) is 38.3 Å². The van der Waals surface area contributed by atoms with Crippen LogP contribution in [-0.4, -0.2) is 4.57 Å². The first-order valence-electron chi connectivity index (χ1n) is 16.7. The Kier molecular flexibility index (Phi) is 7.14. The van der Waals surface area contributed by atoms with Gasteiger partial charge in [-0.05, 0) is 90.3 Å². The van der Waals surface area contributed by atoms with Crippen molar-refractivity contribution in [1.29, 1.82) is 0 Å². The predicted octanol–water partition coefficient (Wildman–Crippen LogP) is 12.9. The van der Waals surface area contributed by atoms with E-state index in [1.165, 1.54) is 27.1 Å². The van der Waals surface area contributed by atoms with E-state index in [1.807, 2.05) is 0 Å². The second-order valence-corrected chi connectivity index (χ2v) is 12.2. The van der Waals surface area contributed by atoms with Gasteiger partial charge in [-0.2, -0.15) is 0 Å². The third kappa shape index (κ3) is 5.09. The van der Waals surface area contributed by atoms with Gasteiger partial charge in [-0.25, -0.2) is 0 Å². The van der Waals surface area contributed by atoms with Gasteiger partial charge in [0.05, 0.1) is 16.7 Å². The number of rotatable bonds is 7. The molecule has 0 unspecified atom stereocenters. The highest BCUT2D eigenvalue weighted by Gasteiger charge is 2.20. The molecule has 3 nitrogen and oxygen atoms in total. The lowest BCUT2D eigenvalue weighted by atomic mass is 10.1. The average molecular weight is 628 g/mol. The zero-order chi connectivity index (χ0) is 32.6. The Labute approximate surface area is 286 Å². The third-order valence-corrected chi connectivity index (χ3v) is 9.31. The number of benzene rings is 8. The molecule has 9 aromatic rings. The summed E-state index contributed by atoms with van der Waals surface area (Å²) >= 11 is 0. The van der Waals surface area contributed by atoms with Crippen LogP contribution in [0.4, 0.5) is 34.1 Å². The fourth-order valence-electron chi connectivity index (χ4n) is 7.14. The molecule has 0 aliphatic carbocycles. The molecule has 0 saturated carbocycles. The van der Waals surface area contributed by atoms with Crippen molar-refractivity contribution in [3.63, 3.8) is 0 Å². The van der Waals surface area contributed by atoms with Crippen LogP contribution >= 0.6 is 0 Å². The summed E-state index contributed by atoms with van der Waals surface area (Å²) in [5, 5.41) is 4.85. The SMILES string of the molecule is c1ccc(N(c2ccccc2)c2ccc3c(c2)c2ccc(N(c4ccccc4)c4ccccc4)cc2n3-c2cccc3ccccc23)cc1. The molecular formula is C46H33N3. The van der Waals surface area contributed by atoms with E-state index >= 15 is 0 Å². The summed E-state index contributed by atoms with van der Waals surface area (Å²) in [6, 6.07) is 71.5. The van der Waals surface area contributed by atoms with E-state index in [4.69, 9.17) is 0 Å². The standard InChI is InChI=1S/C46H33N3/c1-5-18-35(19-6-1)47(36-20-7-2-8-21-36)39-29-31-45-43(32-39)42-30-28-40(48(37-22-9-3-10-23-37)38-24-11-4-12-25-38)33-46(42)49(45)44-27-15-17-34-16-13-14-26-41(34)44/h1-33H. The molecule has 0 fully saturated rings. The van der Waals surface area contributed by atoms with E-state index in [1.54, 1.807) is 0 Å². The Morgan fingerprint density at radius 1 is 0.286 bits per heavy atom. The molecule has 0 N–H and O–H groups in total. The first-order chi connectivity index (χ1) is 24.3. The maximum Gasteiger partial charge on any atom is 0.0562 e. The normalized spacial score (nSPS) is 11.3. The van der Waals surface area contributed by atoms with Crippen LogP contribution in [0, 0.1) is 0 Å². The van der Waals surface area contributed by atoms with Gasteiger partial charge in [0.25, 0.3) is 0 Å². The zero-order valence-electron chi connectivity index (χ0n) is 26.9. The van der Waals surface area contributed by atoms with Crippen LogP contribution in [0.3, 0.4) is 0 Å². The van der Waals surface area contributed by atoms with Crippen molar-refractivity contribution < 1.29 is 0 Å². The smallest absolute Gasteiger partial charge is 0.0562 e. The Bertz CT molecular complexity index is 2460. The Balaban J connectivity index is 1.33. The number of hydrogen-bond donors (Lipinski definition) is 0. The molecule has 9 rings (SSSR count). The second-order valence-electron chi connectivity index (χ2n) is 12.2. The first kappa shape index (κ1) is 28.6. The Morgan fingerprint density at radius 2 is 0.755 bits per heavy atom. The molecule has 0 aliphatic rings. The number of hydrogen-bond acceptors (Lipinski definition) is 2. The average Bonchev–Trinajstić information content (AvgIpc) is 3.49. The van der Waals surface area contributed by atoms with Gasteiger partial charge in [0, 0.05) is 50.3 Å². The van der Waals surface area contributed by atoms with Gasteiger partial charge >= 0.3 is 0 Å². The quantitative estimate of drug-likeness (QED) is 0.174. The van der Waals surface area contributed by atoms with Crippen LogP contribution < -0.4 is 9.80 Å².